The lowest BCUT2D eigenvalue weighted by Gasteiger charge is -2.32. The zero-order valence-corrected chi connectivity index (χ0v) is 13.4. The van der Waals surface area contributed by atoms with Crippen molar-refractivity contribution in [2.24, 2.45) is 7.05 Å². The monoisotopic (exact) mass is 332 g/mol. The van der Waals surface area contributed by atoms with Crippen molar-refractivity contribution in [2.45, 2.75) is 18.8 Å². The highest BCUT2D eigenvalue weighted by atomic mass is 32.1. The van der Waals surface area contributed by atoms with Crippen molar-refractivity contribution in [3.63, 3.8) is 0 Å². The number of aromatic nitrogens is 5. The SMILES string of the molecule is Cn1nccc1C1CCCN(c2nn3cnc(C(=O)O)c3s2)C1. The molecule has 8 nitrogen and oxygen atoms in total. The number of carboxylic acid groups (broad SMARTS) is 1. The van der Waals surface area contributed by atoms with E-state index >= 15 is 0 Å². The number of aryl methyl sites for hydroxylation is 1. The van der Waals surface area contributed by atoms with Gasteiger partial charge in [-0.05, 0) is 18.9 Å². The molecule has 0 saturated carbocycles. The third-order valence-electron chi connectivity index (χ3n) is 4.26. The lowest BCUT2D eigenvalue weighted by atomic mass is 9.95. The van der Waals surface area contributed by atoms with Crippen molar-refractivity contribution >= 4 is 27.3 Å². The first-order chi connectivity index (χ1) is 11.1. The van der Waals surface area contributed by atoms with Crippen molar-refractivity contribution in [3.05, 3.63) is 30.0 Å². The van der Waals surface area contributed by atoms with Gasteiger partial charge >= 0.3 is 5.97 Å². The summed E-state index contributed by atoms with van der Waals surface area (Å²) in [5.41, 5.74) is 1.29. The maximum absolute atomic E-state index is 11.2. The summed E-state index contributed by atoms with van der Waals surface area (Å²) in [6.45, 7) is 1.80. The van der Waals surface area contributed by atoms with Gasteiger partial charge in [0.05, 0.1) is 0 Å². The van der Waals surface area contributed by atoms with Crippen LogP contribution >= 0.6 is 11.3 Å². The fourth-order valence-corrected chi connectivity index (χ4v) is 4.16. The summed E-state index contributed by atoms with van der Waals surface area (Å²) in [7, 11) is 1.96. The molecule has 0 aromatic carbocycles. The van der Waals surface area contributed by atoms with Gasteiger partial charge in [-0.1, -0.05) is 11.3 Å². The number of anilines is 1. The molecule has 0 amide bonds. The number of imidazole rings is 1. The fourth-order valence-electron chi connectivity index (χ4n) is 3.15. The zero-order chi connectivity index (χ0) is 16.0. The Bertz CT molecular complexity index is 866. The molecule has 1 saturated heterocycles. The van der Waals surface area contributed by atoms with Crippen LogP contribution in [0.3, 0.4) is 0 Å². The Morgan fingerprint density at radius 3 is 3.09 bits per heavy atom. The van der Waals surface area contributed by atoms with Gasteiger partial charge in [0, 0.05) is 37.9 Å². The predicted molar refractivity (Wildman–Crippen MR) is 85.2 cm³/mol. The lowest BCUT2D eigenvalue weighted by molar-refractivity contribution is 0.0693. The number of aromatic carboxylic acids is 1. The van der Waals surface area contributed by atoms with Crippen LogP contribution in [0.1, 0.15) is 34.9 Å². The van der Waals surface area contributed by atoms with Crippen LogP contribution in [0.15, 0.2) is 18.6 Å². The van der Waals surface area contributed by atoms with E-state index in [4.69, 9.17) is 5.11 Å². The average Bonchev–Trinajstić information content (AvgIpc) is 3.21. The zero-order valence-electron chi connectivity index (χ0n) is 12.6. The molecule has 0 bridgehead atoms. The van der Waals surface area contributed by atoms with E-state index in [1.54, 1.807) is 4.52 Å². The number of hydrogen-bond acceptors (Lipinski definition) is 6. The van der Waals surface area contributed by atoms with Crippen LogP contribution in [0.5, 0.6) is 0 Å². The van der Waals surface area contributed by atoms with Crippen LogP contribution in [0.25, 0.3) is 4.83 Å². The Balaban J connectivity index is 1.62. The molecule has 0 radical (unpaired) electrons. The second-order valence-electron chi connectivity index (χ2n) is 5.70. The van der Waals surface area contributed by atoms with Crippen LogP contribution in [0, 0.1) is 0 Å². The lowest BCUT2D eigenvalue weighted by Crippen LogP contribution is -2.35. The smallest absolute Gasteiger partial charge is 0.357 e. The Morgan fingerprint density at radius 1 is 1.48 bits per heavy atom. The van der Waals surface area contributed by atoms with Gasteiger partial charge in [0.15, 0.2) is 10.5 Å². The summed E-state index contributed by atoms with van der Waals surface area (Å²) in [6.07, 6.45) is 5.49. The number of rotatable bonds is 3. The van der Waals surface area contributed by atoms with Gasteiger partial charge in [-0.25, -0.2) is 14.3 Å². The standard InChI is InChI=1S/C14H16N6O2S/c1-18-10(4-5-16-18)9-3-2-6-19(7-9)14-17-20-8-15-11(13(21)22)12(20)23-14/h4-5,8-9H,2-3,6-7H2,1H3,(H,21,22). The molecule has 9 heteroatoms. The highest BCUT2D eigenvalue weighted by molar-refractivity contribution is 7.21. The van der Waals surface area contributed by atoms with Crippen molar-refractivity contribution in [3.8, 4) is 0 Å². The molecule has 0 aliphatic carbocycles. The molecule has 3 aromatic heterocycles. The van der Waals surface area contributed by atoms with E-state index in [2.05, 4.69) is 26.1 Å². The Kier molecular flexibility index (Phi) is 3.29. The number of carbonyl (C=O) groups is 1. The molecule has 3 aromatic rings. The third kappa shape index (κ3) is 2.37. The molecule has 1 N–H and O–H groups in total. The highest BCUT2D eigenvalue weighted by Crippen LogP contribution is 2.32. The molecule has 4 rings (SSSR count). The molecule has 1 atom stereocenters. The van der Waals surface area contributed by atoms with Gasteiger partial charge in [0.2, 0.25) is 5.13 Å². The minimum Gasteiger partial charge on any atom is -0.476 e. The van der Waals surface area contributed by atoms with Crippen LogP contribution in [-0.2, 0) is 7.05 Å². The number of nitrogens with zero attached hydrogens (tertiary/aromatic N) is 6. The summed E-state index contributed by atoms with van der Waals surface area (Å²) in [4.78, 5) is 17.9. The third-order valence-corrected chi connectivity index (χ3v) is 5.36. The quantitative estimate of drug-likeness (QED) is 0.784. The normalized spacial score (nSPS) is 18.7. The number of hydrogen-bond donors (Lipinski definition) is 1. The van der Waals surface area contributed by atoms with E-state index in [0.29, 0.717) is 10.7 Å². The summed E-state index contributed by atoms with van der Waals surface area (Å²) in [5.74, 6) is -0.606. The average molecular weight is 332 g/mol. The summed E-state index contributed by atoms with van der Waals surface area (Å²) in [5, 5.41) is 18.8. The first-order valence-electron chi connectivity index (χ1n) is 7.44. The van der Waals surface area contributed by atoms with Crippen LogP contribution in [0.2, 0.25) is 0 Å². The molecular formula is C14H16N6O2S. The minimum atomic E-state index is -1.02. The first kappa shape index (κ1) is 14.2. The Hall–Kier alpha value is -2.42. The van der Waals surface area contributed by atoms with Crippen molar-refractivity contribution < 1.29 is 9.90 Å². The van der Waals surface area contributed by atoms with E-state index in [0.717, 1.165) is 31.1 Å². The van der Waals surface area contributed by atoms with Crippen molar-refractivity contribution in [1.82, 2.24) is 24.4 Å². The summed E-state index contributed by atoms with van der Waals surface area (Å²) >= 11 is 1.38. The van der Waals surface area contributed by atoms with Crippen LogP contribution in [0.4, 0.5) is 5.13 Å². The van der Waals surface area contributed by atoms with Gasteiger partial charge in [-0.15, -0.1) is 5.10 Å². The first-order valence-corrected chi connectivity index (χ1v) is 8.25. The highest BCUT2D eigenvalue weighted by Gasteiger charge is 2.26. The molecule has 4 heterocycles. The van der Waals surface area contributed by atoms with E-state index < -0.39 is 5.97 Å². The predicted octanol–water partition coefficient (Wildman–Crippen LogP) is 1.61. The van der Waals surface area contributed by atoms with Gasteiger partial charge in [0.25, 0.3) is 0 Å². The molecule has 23 heavy (non-hydrogen) atoms. The van der Waals surface area contributed by atoms with E-state index in [1.165, 1.54) is 23.4 Å². The summed E-state index contributed by atoms with van der Waals surface area (Å²) < 4.78 is 3.48. The van der Waals surface area contributed by atoms with Crippen molar-refractivity contribution in [1.29, 1.82) is 0 Å². The molecule has 0 spiro atoms. The second-order valence-corrected chi connectivity index (χ2v) is 6.65. The number of carboxylic acids is 1. The van der Waals surface area contributed by atoms with Crippen LogP contribution < -0.4 is 4.90 Å². The molecule has 1 unspecified atom stereocenters. The molecule has 120 valence electrons. The van der Waals surface area contributed by atoms with Crippen LogP contribution in [-0.4, -0.2) is 48.5 Å². The molecule has 1 aliphatic rings. The Labute approximate surface area is 136 Å². The number of fused-ring (bicyclic) bond motifs is 1. The van der Waals surface area contributed by atoms with Gasteiger partial charge < -0.3 is 10.0 Å². The maximum atomic E-state index is 11.2. The molecule has 1 aliphatic heterocycles. The van der Waals surface area contributed by atoms with Gasteiger partial charge in [-0.2, -0.15) is 5.10 Å². The van der Waals surface area contributed by atoms with Gasteiger partial charge in [-0.3, -0.25) is 4.68 Å². The Morgan fingerprint density at radius 2 is 2.35 bits per heavy atom. The molecular weight excluding hydrogens is 316 g/mol. The topological polar surface area (TPSA) is 88.5 Å². The summed E-state index contributed by atoms with van der Waals surface area (Å²) in [6, 6.07) is 2.06. The second kappa shape index (κ2) is 5.34. The largest absolute Gasteiger partial charge is 0.476 e. The number of piperidine rings is 1. The van der Waals surface area contributed by atoms with E-state index in [-0.39, 0.29) is 5.69 Å². The van der Waals surface area contributed by atoms with Crippen molar-refractivity contribution in [2.75, 3.05) is 18.0 Å². The van der Waals surface area contributed by atoms with E-state index in [1.807, 2.05) is 17.9 Å². The van der Waals surface area contributed by atoms with E-state index in [9.17, 15) is 4.79 Å². The minimum absolute atomic E-state index is 0.0638. The molecule has 1 fully saturated rings. The van der Waals surface area contributed by atoms with Gasteiger partial charge in [0.1, 0.15) is 6.33 Å². The fraction of sp³-hybridized carbons (Fsp3) is 0.429. The maximum Gasteiger partial charge on any atom is 0.357 e.